The Hall–Kier alpha value is -0.130. The minimum Gasteiger partial charge on any atom is -0.248 e. The molecule has 0 saturated carbocycles. The van der Waals surface area contributed by atoms with Crippen LogP contribution < -0.4 is 0 Å². The summed E-state index contributed by atoms with van der Waals surface area (Å²) in [5.74, 6) is 0. The molecule has 0 heterocycles. The van der Waals surface area contributed by atoms with E-state index in [4.69, 9.17) is 0 Å². The van der Waals surface area contributed by atoms with E-state index < -0.39 is 10.4 Å². The van der Waals surface area contributed by atoms with Crippen molar-refractivity contribution in [1.82, 2.24) is 0 Å². The Bertz CT molecular complexity index is 224. The zero-order valence-electron chi connectivity index (χ0n) is 9.70. The van der Waals surface area contributed by atoms with Crippen LogP contribution in [0.4, 0.5) is 0 Å². The molecule has 0 atom stereocenters. The monoisotopic (exact) mass is 238 g/mol. The Kier molecular flexibility index (Phi) is 9.04. The average molecular weight is 238 g/mol. The summed E-state index contributed by atoms with van der Waals surface area (Å²) in [7, 11) is -3.73. The fourth-order valence-corrected chi connectivity index (χ4v) is 1.90. The Morgan fingerprint density at radius 3 is 2.07 bits per heavy atom. The molecule has 5 heteroatoms. The molecule has 0 aliphatic heterocycles. The summed E-state index contributed by atoms with van der Waals surface area (Å²) in [5.41, 5.74) is 0. The highest BCUT2D eigenvalue weighted by Crippen LogP contribution is 2.06. The zero-order chi connectivity index (χ0) is 11.6. The van der Waals surface area contributed by atoms with E-state index in [0.717, 1.165) is 19.3 Å². The quantitative estimate of drug-likeness (QED) is 0.549. The Balaban J connectivity index is 3.31. The van der Waals surface area contributed by atoms with E-state index in [1.807, 2.05) is 0 Å². The molecule has 0 radical (unpaired) electrons. The Morgan fingerprint density at radius 2 is 1.47 bits per heavy atom. The molecular formula is C10H22O4S. The van der Waals surface area contributed by atoms with Gasteiger partial charge in [0.05, 0.1) is 13.2 Å². The van der Waals surface area contributed by atoms with Crippen molar-refractivity contribution in [3.63, 3.8) is 0 Å². The third-order valence-electron chi connectivity index (χ3n) is 1.99. The van der Waals surface area contributed by atoms with Gasteiger partial charge >= 0.3 is 10.4 Å². The highest BCUT2D eigenvalue weighted by Gasteiger charge is 2.09. The normalized spacial score (nSPS) is 11.9. The molecule has 0 aliphatic carbocycles. The number of rotatable bonds is 10. The third-order valence-corrected chi connectivity index (χ3v) is 2.97. The van der Waals surface area contributed by atoms with Crippen LogP contribution in [0, 0.1) is 0 Å². The molecule has 0 amide bonds. The molecule has 0 N–H and O–H groups in total. The molecule has 0 spiro atoms. The van der Waals surface area contributed by atoms with Crippen molar-refractivity contribution in [3.8, 4) is 0 Å². The molecular weight excluding hydrogens is 216 g/mol. The van der Waals surface area contributed by atoms with Gasteiger partial charge in [0, 0.05) is 0 Å². The first-order valence-corrected chi connectivity index (χ1v) is 6.99. The maximum Gasteiger partial charge on any atom is 0.399 e. The second-order valence-electron chi connectivity index (χ2n) is 3.40. The van der Waals surface area contributed by atoms with Gasteiger partial charge in [0.2, 0.25) is 0 Å². The summed E-state index contributed by atoms with van der Waals surface area (Å²) in [6, 6.07) is 0. The van der Waals surface area contributed by atoms with E-state index in [-0.39, 0.29) is 13.2 Å². The van der Waals surface area contributed by atoms with Gasteiger partial charge in [-0.2, -0.15) is 8.42 Å². The molecule has 0 saturated heterocycles. The topological polar surface area (TPSA) is 52.6 Å². The zero-order valence-corrected chi connectivity index (χ0v) is 10.5. The molecule has 0 aromatic heterocycles. The largest absolute Gasteiger partial charge is 0.399 e. The third kappa shape index (κ3) is 10.2. The molecule has 0 aliphatic rings. The van der Waals surface area contributed by atoms with Crippen molar-refractivity contribution in [2.45, 2.75) is 52.4 Å². The fourth-order valence-electron chi connectivity index (χ4n) is 1.22. The molecule has 0 unspecified atom stereocenters. The van der Waals surface area contributed by atoms with Gasteiger partial charge in [-0.05, 0) is 13.3 Å². The lowest BCUT2D eigenvalue weighted by Gasteiger charge is -2.03. The first-order valence-electron chi connectivity index (χ1n) is 5.66. The van der Waals surface area contributed by atoms with E-state index in [9.17, 15) is 8.42 Å². The summed E-state index contributed by atoms with van der Waals surface area (Å²) >= 11 is 0. The second kappa shape index (κ2) is 9.12. The van der Waals surface area contributed by atoms with Crippen LogP contribution in [0.3, 0.4) is 0 Å². The Morgan fingerprint density at radius 1 is 0.867 bits per heavy atom. The van der Waals surface area contributed by atoms with E-state index in [2.05, 4.69) is 15.3 Å². The number of hydrogen-bond donors (Lipinski definition) is 0. The predicted molar refractivity (Wildman–Crippen MR) is 59.9 cm³/mol. The standard InChI is InChI=1S/C10H22O4S/c1-3-5-6-7-8-9-10-14-15(11,12)13-4-2/h3-10H2,1-2H3. The minimum absolute atomic E-state index is 0.124. The first kappa shape index (κ1) is 14.9. The Labute approximate surface area is 93.3 Å². The molecule has 0 fully saturated rings. The van der Waals surface area contributed by atoms with Crippen molar-refractivity contribution in [3.05, 3.63) is 0 Å². The minimum atomic E-state index is -3.73. The van der Waals surface area contributed by atoms with Gasteiger partial charge in [0.1, 0.15) is 0 Å². The lowest BCUT2D eigenvalue weighted by Crippen LogP contribution is -2.10. The molecule has 15 heavy (non-hydrogen) atoms. The van der Waals surface area contributed by atoms with Gasteiger partial charge < -0.3 is 0 Å². The maximum absolute atomic E-state index is 10.9. The average Bonchev–Trinajstić information content (AvgIpc) is 2.16. The van der Waals surface area contributed by atoms with Crippen molar-refractivity contribution < 1.29 is 16.8 Å². The van der Waals surface area contributed by atoms with Gasteiger partial charge in [-0.3, -0.25) is 0 Å². The van der Waals surface area contributed by atoms with Crippen LogP contribution in [0.25, 0.3) is 0 Å². The molecule has 0 rings (SSSR count). The van der Waals surface area contributed by atoms with Crippen molar-refractivity contribution in [1.29, 1.82) is 0 Å². The SMILES string of the molecule is CCCCCCCCOS(=O)(=O)OCC. The van der Waals surface area contributed by atoms with Gasteiger partial charge in [-0.15, -0.1) is 0 Å². The van der Waals surface area contributed by atoms with Gasteiger partial charge in [0.15, 0.2) is 0 Å². The smallest absolute Gasteiger partial charge is 0.248 e. The molecule has 0 bridgehead atoms. The molecule has 0 aromatic rings. The highest BCUT2D eigenvalue weighted by molar-refractivity contribution is 7.81. The van der Waals surface area contributed by atoms with Crippen LogP contribution in [-0.2, 0) is 18.8 Å². The van der Waals surface area contributed by atoms with E-state index >= 15 is 0 Å². The van der Waals surface area contributed by atoms with Crippen LogP contribution in [0.2, 0.25) is 0 Å². The highest BCUT2D eigenvalue weighted by atomic mass is 32.3. The van der Waals surface area contributed by atoms with Crippen LogP contribution >= 0.6 is 0 Å². The second-order valence-corrected chi connectivity index (χ2v) is 4.69. The fraction of sp³-hybridized carbons (Fsp3) is 1.00. The van der Waals surface area contributed by atoms with Crippen molar-refractivity contribution in [2.24, 2.45) is 0 Å². The van der Waals surface area contributed by atoms with Gasteiger partial charge in [-0.25, -0.2) is 8.37 Å². The molecule has 4 nitrogen and oxygen atoms in total. The number of unbranched alkanes of at least 4 members (excludes halogenated alkanes) is 5. The maximum atomic E-state index is 10.9. The first-order chi connectivity index (χ1) is 7.12. The molecule has 92 valence electrons. The van der Waals surface area contributed by atoms with Crippen LogP contribution in [0.15, 0.2) is 0 Å². The number of hydrogen-bond acceptors (Lipinski definition) is 4. The van der Waals surface area contributed by atoms with Crippen LogP contribution in [-0.4, -0.2) is 21.6 Å². The summed E-state index contributed by atoms with van der Waals surface area (Å²) in [5, 5.41) is 0. The van der Waals surface area contributed by atoms with Crippen LogP contribution in [0.5, 0.6) is 0 Å². The lowest BCUT2D eigenvalue weighted by molar-refractivity contribution is 0.218. The molecule has 0 aromatic carbocycles. The van der Waals surface area contributed by atoms with Gasteiger partial charge in [0.25, 0.3) is 0 Å². The summed E-state index contributed by atoms with van der Waals surface area (Å²) in [6.45, 7) is 4.14. The van der Waals surface area contributed by atoms with Crippen molar-refractivity contribution >= 4 is 10.4 Å². The van der Waals surface area contributed by atoms with E-state index in [1.54, 1.807) is 6.92 Å². The summed E-state index contributed by atoms with van der Waals surface area (Å²) in [6.07, 6.45) is 6.62. The van der Waals surface area contributed by atoms with Crippen molar-refractivity contribution in [2.75, 3.05) is 13.2 Å². The predicted octanol–water partition coefficient (Wildman–Crippen LogP) is 2.64. The van der Waals surface area contributed by atoms with Gasteiger partial charge in [-0.1, -0.05) is 39.0 Å². The summed E-state index contributed by atoms with van der Waals surface area (Å²) in [4.78, 5) is 0. The van der Waals surface area contributed by atoms with E-state index in [1.165, 1.54) is 19.3 Å². The summed E-state index contributed by atoms with van der Waals surface area (Å²) < 4.78 is 30.9. The van der Waals surface area contributed by atoms with E-state index in [0.29, 0.717) is 0 Å². The van der Waals surface area contributed by atoms with Crippen LogP contribution in [0.1, 0.15) is 52.4 Å². The lowest BCUT2D eigenvalue weighted by atomic mass is 10.1.